The van der Waals surface area contributed by atoms with Gasteiger partial charge in [0.1, 0.15) is 5.75 Å². The molecule has 5 heteroatoms. The van der Waals surface area contributed by atoms with Gasteiger partial charge in [-0.1, -0.05) is 12.1 Å². The number of carbonyl (C=O) groups excluding carboxylic acids is 1. The van der Waals surface area contributed by atoms with E-state index in [4.69, 9.17) is 4.74 Å². The predicted molar refractivity (Wildman–Crippen MR) is 101 cm³/mol. The van der Waals surface area contributed by atoms with Crippen LogP contribution in [0.5, 0.6) is 5.75 Å². The highest BCUT2D eigenvalue weighted by Crippen LogP contribution is 2.53. The summed E-state index contributed by atoms with van der Waals surface area (Å²) in [6.07, 6.45) is 4.95. The molecule has 25 heavy (non-hydrogen) atoms. The molecule has 4 heterocycles. The summed E-state index contributed by atoms with van der Waals surface area (Å²) in [5.74, 6) is 1.63. The first-order chi connectivity index (χ1) is 12.2. The normalized spacial score (nSPS) is 29.1. The zero-order valence-electron chi connectivity index (χ0n) is 14.6. The number of thiophene rings is 1. The van der Waals surface area contributed by atoms with E-state index in [0.717, 1.165) is 20.7 Å². The van der Waals surface area contributed by atoms with Crippen molar-refractivity contribution in [2.24, 2.45) is 5.92 Å². The second-order valence-corrected chi connectivity index (χ2v) is 8.65. The molecule has 6 rings (SSSR count). The minimum Gasteiger partial charge on any atom is -0.492 e. The molecule has 1 spiro atoms. The molecular weight excluding hydrogens is 332 g/mol. The number of ether oxygens (including phenoxy) is 1. The maximum Gasteiger partial charge on any atom is 0.261 e. The highest BCUT2D eigenvalue weighted by Gasteiger charge is 2.60. The number of piperidine rings is 3. The lowest BCUT2D eigenvalue weighted by Gasteiger charge is -2.52. The third-order valence-corrected chi connectivity index (χ3v) is 7.46. The molecule has 1 aliphatic carbocycles. The van der Waals surface area contributed by atoms with E-state index in [-0.39, 0.29) is 11.4 Å². The van der Waals surface area contributed by atoms with Gasteiger partial charge in [-0.25, -0.2) is 0 Å². The van der Waals surface area contributed by atoms with Crippen LogP contribution < -0.4 is 10.1 Å². The van der Waals surface area contributed by atoms with Crippen LogP contribution in [0.4, 0.5) is 0 Å². The molecule has 3 aliphatic heterocycles. The first-order valence-electron chi connectivity index (χ1n) is 9.42. The summed E-state index contributed by atoms with van der Waals surface area (Å²) in [7, 11) is 0. The number of benzene rings is 1. The summed E-state index contributed by atoms with van der Waals surface area (Å²) in [6, 6.07) is 8.38. The lowest BCUT2D eigenvalue weighted by Crippen LogP contribution is -2.65. The molecule has 4 nitrogen and oxygen atoms in total. The first kappa shape index (κ1) is 15.6. The van der Waals surface area contributed by atoms with Gasteiger partial charge in [-0.15, -0.1) is 11.3 Å². The first-order valence-corrected chi connectivity index (χ1v) is 10.2. The van der Waals surface area contributed by atoms with Gasteiger partial charge in [-0.2, -0.15) is 0 Å². The van der Waals surface area contributed by atoms with Crippen LogP contribution in [0, 0.1) is 5.92 Å². The largest absolute Gasteiger partial charge is 0.492 e. The molecule has 0 unspecified atom stereocenters. The van der Waals surface area contributed by atoms with Crippen molar-refractivity contribution in [1.29, 1.82) is 0 Å². The minimum absolute atomic E-state index is 0.0914. The standard InChI is InChI=1S/C20H24N2O2S/c1-2-24-15-5-3-4-14-12-16(25-17(14)15)19(23)21-18-13-6-10-22(11-7-13)20(18)8-9-20/h3-5,12-13,18H,2,6-11H2,1H3,(H,21,23)/t18-/m0/s1. The molecule has 132 valence electrons. The van der Waals surface area contributed by atoms with Gasteiger partial charge in [0.05, 0.1) is 22.2 Å². The molecule has 3 saturated heterocycles. The van der Waals surface area contributed by atoms with Gasteiger partial charge >= 0.3 is 0 Å². The van der Waals surface area contributed by atoms with Gasteiger partial charge in [-0.05, 0) is 69.1 Å². The van der Waals surface area contributed by atoms with Gasteiger partial charge in [0, 0.05) is 5.54 Å². The Bertz CT molecular complexity index is 818. The van der Waals surface area contributed by atoms with Crippen LogP contribution in [-0.4, -0.2) is 42.1 Å². The Labute approximate surface area is 152 Å². The molecular formula is C20H24N2O2S. The molecule has 1 aromatic heterocycles. The summed E-state index contributed by atoms with van der Waals surface area (Å²) < 4.78 is 6.79. The lowest BCUT2D eigenvalue weighted by molar-refractivity contribution is -0.00138. The van der Waals surface area contributed by atoms with E-state index in [0.29, 0.717) is 18.6 Å². The van der Waals surface area contributed by atoms with E-state index in [2.05, 4.69) is 16.3 Å². The Balaban J connectivity index is 1.41. The second-order valence-electron chi connectivity index (χ2n) is 7.60. The van der Waals surface area contributed by atoms with E-state index >= 15 is 0 Å². The molecule has 4 aliphatic rings. The van der Waals surface area contributed by atoms with Crippen molar-refractivity contribution >= 4 is 27.3 Å². The van der Waals surface area contributed by atoms with Gasteiger partial charge in [0.2, 0.25) is 0 Å². The molecule has 2 aromatic rings. The maximum atomic E-state index is 13.0. The van der Waals surface area contributed by atoms with Crippen LogP contribution in [0.15, 0.2) is 24.3 Å². The van der Waals surface area contributed by atoms with Crippen LogP contribution in [0.25, 0.3) is 10.1 Å². The summed E-state index contributed by atoms with van der Waals surface area (Å²) in [5, 5.41) is 4.51. The number of nitrogens with zero attached hydrogens (tertiary/aromatic N) is 1. The Morgan fingerprint density at radius 3 is 2.88 bits per heavy atom. The summed E-state index contributed by atoms with van der Waals surface area (Å²) in [4.78, 5) is 16.4. The highest BCUT2D eigenvalue weighted by atomic mass is 32.1. The Morgan fingerprint density at radius 1 is 1.36 bits per heavy atom. The minimum atomic E-state index is 0.0914. The van der Waals surface area contributed by atoms with Gasteiger partial charge in [-0.3, -0.25) is 9.69 Å². The predicted octanol–water partition coefficient (Wildman–Crippen LogP) is 3.66. The monoisotopic (exact) mass is 356 g/mol. The number of hydrogen-bond acceptors (Lipinski definition) is 4. The average molecular weight is 356 g/mol. The smallest absolute Gasteiger partial charge is 0.261 e. The number of carbonyl (C=O) groups is 1. The number of hydrogen-bond donors (Lipinski definition) is 1. The van der Waals surface area contributed by atoms with Gasteiger partial charge in [0.15, 0.2) is 0 Å². The van der Waals surface area contributed by atoms with Crippen LogP contribution in [0.3, 0.4) is 0 Å². The number of amides is 1. The van der Waals surface area contributed by atoms with Crippen molar-refractivity contribution in [2.75, 3.05) is 19.7 Å². The Morgan fingerprint density at radius 2 is 2.16 bits per heavy atom. The summed E-state index contributed by atoms with van der Waals surface area (Å²) in [6.45, 7) is 5.07. The fourth-order valence-corrected chi connectivity index (χ4v) is 5.98. The van der Waals surface area contributed by atoms with Gasteiger partial charge in [0.25, 0.3) is 5.91 Å². The quantitative estimate of drug-likeness (QED) is 0.909. The van der Waals surface area contributed by atoms with E-state index in [1.165, 1.54) is 38.8 Å². The molecule has 1 saturated carbocycles. The molecule has 2 bridgehead atoms. The molecule has 1 amide bonds. The molecule has 4 fully saturated rings. The van der Waals surface area contributed by atoms with Crippen LogP contribution in [0.2, 0.25) is 0 Å². The fourth-order valence-electron chi connectivity index (χ4n) is 4.95. The molecule has 1 aromatic carbocycles. The van der Waals surface area contributed by atoms with E-state index < -0.39 is 0 Å². The van der Waals surface area contributed by atoms with Crippen molar-refractivity contribution < 1.29 is 9.53 Å². The number of fused-ring (bicyclic) bond motifs is 3. The van der Waals surface area contributed by atoms with Crippen LogP contribution in [0.1, 0.15) is 42.3 Å². The lowest BCUT2D eigenvalue weighted by atomic mass is 9.77. The third-order valence-electron chi connectivity index (χ3n) is 6.30. The van der Waals surface area contributed by atoms with E-state index in [9.17, 15) is 4.79 Å². The number of nitrogens with one attached hydrogen (secondary N) is 1. The highest BCUT2D eigenvalue weighted by molar-refractivity contribution is 7.21. The second kappa shape index (κ2) is 5.71. The summed E-state index contributed by atoms with van der Waals surface area (Å²) >= 11 is 1.55. The van der Waals surface area contributed by atoms with Crippen molar-refractivity contribution in [3.05, 3.63) is 29.1 Å². The molecule has 0 radical (unpaired) electrons. The van der Waals surface area contributed by atoms with E-state index in [1.54, 1.807) is 11.3 Å². The SMILES string of the molecule is CCOc1cccc2cc(C(=O)N[C@H]3C4CCN(CC4)C34CC4)sc12. The van der Waals surface area contributed by atoms with Crippen molar-refractivity contribution in [3.63, 3.8) is 0 Å². The Kier molecular flexibility index (Phi) is 3.57. The van der Waals surface area contributed by atoms with Crippen LogP contribution >= 0.6 is 11.3 Å². The van der Waals surface area contributed by atoms with Crippen molar-refractivity contribution in [1.82, 2.24) is 10.2 Å². The van der Waals surface area contributed by atoms with E-state index in [1.807, 2.05) is 25.1 Å². The zero-order chi connectivity index (χ0) is 17.0. The number of rotatable bonds is 4. The fraction of sp³-hybridized carbons (Fsp3) is 0.550. The molecule has 1 atom stereocenters. The third kappa shape index (κ3) is 2.40. The Hall–Kier alpha value is -1.59. The molecule has 1 N–H and O–H groups in total. The van der Waals surface area contributed by atoms with Gasteiger partial charge < -0.3 is 10.1 Å². The van der Waals surface area contributed by atoms with Crippen LogP contribution in [-0.2, 0) is 0 Å². The topological polar surface area (TPSA) is 41.6 Å². The zero-order valence-corrected chi connectivity index (χ0v) is 15.4. The maximum absolute atomic E-state index is 13.0. The van der Waals surface area contributed by atoms with Crippen molar-refractivity contribution in [2.45, 2.75) is 44.2 Å². The average Bonchev–Trinajstić information content (AvgIpc) is 3.28. The summed E-state index contributed by atoms with van der Waals surface area (Å²) in [5.41, 5.74) is 0.282. The van der Waals surface area contributed by atoms with Crippen molar-refractivity contribution in [3.8, 4) is 5.75 Å².